The minimum atomic E-state index is -1.12. The average Bonchev–Trinajstić information content (AvgIpc) is 2.47. The summed E-state index contributed by atoms with van der Waals surface area (Å²) in [4.78, 5) is 17.3. The van der Waals surface area contributed by atoms with E-state index in [9.17, 15) is 4.79 Å². The molecule has 1 heterocycles. The number of nitrogens with one attached hydrogen (secondary N) is 2. The monoisotopic (exact) mass is 227 g/mol. The molecule has 2 aromatic rings. The van der Waals surface area contributed by atoms with Crippen LogP contribution in [0.1, 0.15) is 5.56 Å². The number of carboxylic acid groups (broad SMARTS) is 1. The summed E-state index contributed by atoms with van der Waals surface area (Å²) in [5.74, 6) is 0.252. The lowest BCUT2D eigenvalue weighted by Crippen LogP contribution is -2.08. The van der Waals surface area contributed by atoms with E-state index in [4.69, 9.17) is 5.11 Å². The van der Waals surface area contributed by atoms with Gasteiger partial charge in [-0.2, -0.15) is 0 Å². The van der Waals surface area contributed by atoms with Crippen molar-refractivity contribution in [3.63, 3.8) is 0 Å². The molecule has 1 aromatic heterocycles. The molecule has 0 fully saturated rings. The second kappa shape index (κ2) is 4.18. The largest absolute Gasteiger partial charge is 0.465 e. The average molecular weight is 228 g/mol. The number of para-hydroxylation sites is 1. The highest BCUT2D eigenvalue weighted by molar-refractivity contribution is 5.86. The first-order chi connectivity index (χ1) is 6.66. The summed E-state index contributed by atoms with van der Waals surface area (Å²) in [6.45, 7) is 1.92. The smallest absolute Gasteiger partial charge is 0.411 e. The first-order valence-corrected chi connectivity index (χ1v) is 4.12. The van der Waals surface area contributed by atoms with Crippen LogP contribution in [0.3, 0.4) is 0 Å². The first kappa shape index (κ1) is 11.3. The maximum atomic E-state index is 10.4. The van der Waals surface area contributed by atoms with E-state index in [-0.39, 0.29) is 18.4 Å². The number of fused-ring (bicyclic) bond motifs is 1. The quantitative estimate of drug-likeness (QED) is 0.700. The molecule has 0 saturated carbocycles. The van der Waals surface area contributed by atoms with E-state index >= 15 is 0 Å². The molecule has 3 N–H and O–H groups in total. The normalized spacial score (nSPS) is 9.67. The fourth-order valence-electron chi connectivity index (χ4n) is 1.34. The van der Waals surface area contributed by atoms with Gasteiger partial charge in [0, 0.05) is 0 Å². The van der Waals surface area contributed by atoms with Gasteiger partial charge < -0.3 is 10.1 Å². The van der Waals surface area contributed by atoms with Gasteiger partial charge in [0.25, 0.3) is 0 Å². The highest BCUT2D eigenvalue weighted by Gasteiger charge is 2.05. The van der Waals surface area contributed by atoms with Crippen molar-refractivity contribution < 1.29 is 9.90 Å². The van der Waals surface area contributed by atoms with E-state index in [0.717, 1.165) is 16.6 Å². The lowest BCUT2D eigenvalue weighted by atomic mass is 10.2. The van der Waals surface area contributed by atoms with Gasteiger partial charge in [-0.25, -0.2) is 9.78 Å². The number of halogens is 1. The van der Waals surface area contributed by atoms with Crippen LogP contribution in [0.15, 0.2) is 18.2 Å². The Balaban J connectivity index is 0.00000112. The molecule has 0 spiro atoms. The van der Waals surface area contributed by atoms with Crippen molar-refractivity contribution in [2.24, 2.45) is 0 Å². The van der Waals surface area contributed by atoms with Crippen molar-refractivity contribution in [3.05, 3.63) is 23.8 Å². The van der Waals surface area contributed by atoms with Gasteiger partial charge >= 0.3 is 6.09 Å². The van der Waals surface area contributed by atoms with Crippen molar-refractivity contribution in [3.8, 4) is 0 Å². The second-order valence-corrected chi connectivity index (χ2v) is 2.99. The summed E-state index contributed by atoms with van der Waals surface area (Å²) >= 11 is 0. The highest BCUT2D eigenvalue weighted by Crippen LogP contribution is 2.17. The van der Waals surface area contributed by atoms with Crippen LogP contribution in [-0.2, 0) is 0 Å². The summed E-state index contributed by atoms with van der Waals surface area (Å²) in [5.41, 5.74) is 2.63. The van der Waals surface area contributed by atoms with Crippen LogP contribution >= 0.6 is 12.4 Å². The topological polar surface area (TPSA) is 78.0 Å². The molecule has 0 atom stereocenters. The molecule has 0 saturated heterocycles. The summed E-state index contributed by atoms with van der Waals surface area (Å²) in [6, 6.07) is 5.66. The molecule has 1 amide bonds. The van der Waals surface area contributed by atoms with Gasteiger partial charge in [-0.05, 0) is 18.6 Å². The highest BCUT2D eigenvalue weighted by atomic mass is 35.5. The molecule has 0 aliphatic heterocycles. The number of aromatic amines is 1. The summed E-state index contributed by atoms with van der Waals surface area (Å²) < 4.78 is 0. The predicted molar refractivity (Wildman–Crippen MR) is 59.7 cm³/mol. The number of aromatic nitrogens is 2. The Hall–Kier alpha value is -1.75. The van der Waals surface area contributed by atoms with Crippen LogP contribution in [-0.4, -0.2) is 21.2 Å². The van der Waals surface area contributed by atoms with Crippen molar-refractivity contribution in [2.75, 3.05) is 5.32 Å². The summed E-state index contributed by atoms with van der Waals surface area (Å²) in [7, 11) is 0. The van der Waals surface area contributed by atoms with E-state index in [0.29, 0.717) is 0 Å². The summed E-state index contributed by atoms with van der Waals surface area (Å²) in [6.07, 6.45) is -1.12. The number of hydrogen-bond donors (Lipinski definition) is 3. The van der Waals surface area contributed by atoms with Crippen LogP contribution in [0.5, 0.6) is 0 Å². The molecule has 0 aliphatic rings. The molecular formula is C9H10ClN3O2. The zero-order chi connectivity index (χ0) is 10.1. The minimum absolute atomic E-state index is 0. The molecule has 0 bridgehead atoms. The molecule has 0 aliphatic carbocycles. The van der Waals surface area contributed by atoms with Gasteiger partial charge in [0.05, 0.1) is 11.0 Å². The molecule has 6 heteroatoms. The van der Waals surface area contributed by atoms with Gasteiger partial charge in [0.1, 0.15) is 0 Å². The van der Waals surface area contributed by atoms with Crippen LogP contribution in [0.2, 0.25) is 0 Å². The van der Waals surface area contributed by atoms with E-state index < -0.39 is 6.09 Å². The maximum Gasteiger partial charge on any atom is 0.411 e. The fourth-order valence-corrected chi connectivity index (χ4v) is 1.34. The number of benzene rings is 1. The molecule has 0 radical (unpaired) electrons. The SMILES string of the molecule is Cc1cccc2[nH]c(NC(=O)O)nc12.Cl. The van der Waals surface area contributed by atoms with Crippen molar-refractivity contribution in [2.45, 2.75) is 6.92 Å². The lowest BCUT2D eigenvalue weighted by molar-refractivity contribution is 0.209. The van der Waals surface area contributed by atoms with Crippen LogP contribution in [0.25, 0.3) is 11.0 Å². The molecule has 80 valence electrons. The van der Waals surface area contributed by atoms with E-state index in [1.54, 1.807) is 0 Å². The zero-order valence-electron chi connectivity index (χ0n) is 7.94. The second-order valence-electron chi connectivity index (χ2n) is 2.99. The Morgan fingerprint density at radius 2 is 2.27 bits per heavy atom. The van der Waals surface area contributed by atoms with Gasteiger partial charge in [-0.3, -0.25) is 5.32 Å². The Bertz CT molecular complexity index is 495. The van der Waals surface area contributed by atoms with E-state index in [2.05, 4.69) is 15.3 Å². The number of imidazole rings is 1. The Morgan fingerprint density at radius 1 is 1.53 bits per heavy atom. The van der Waals surface area contributed by atoms with Crippen LogP contribution < -0.4 is 5.32 Å². The first-order valence-electron chi connectivity index (χ1n) is 4.12. The van der Waals surface area contributed by atoms with E-state index in [1.165, 1.54) is 0 Å². The maximum absolute atomic E-state index is 10.4. The third-order valence-electron chi connectivity index (χ3n) is 1.94. The Morgan fingerprint density at radius 3 is 2.87 bits per heavy atom. The number of H-pyrrole nitrogens is 1. The van der Waals surface area contributed by atoms with Crippen LogP contribution in [0, 0.1) is 6.92 Å². The number of anilines is 1. The third kappa shape index (κ3) is 2.19. The number of nitrogens with zero attached hydrogens (tertiary/aromatic N) is 1. The van der Waals surface area contributed by atoms with Crippen molar-refractivity contribution >= 4 is 35.5 Å². The molecule has 5 nitrogen and oxygen atoms in total. The fraction of sp³-hybridized carbons (Fsp3) is 0.111. The van der Waals surface area contributed by atoms with Crippen LogP contribution in [0.4, 0.5) is 10.7 Å². The third-order valence-corrected chi connectivity index (χ3v) is 1.94. The molecular weight excluding hydrogens is 218 g/mol. The number of carbonyl (C=O) groups is 1. The van der Waals surface area contributed by atoms with Gasteiger partial charge in [0.2, 0.25) is 5.95 Å². The molecule has 2 rings (SSSR count). The molecule has 1 aromatic carbocycles. The molecule has 15 heavy (non-hydrogen) atoms. The summed E-state index contributed by atoms with van der Waals surface area (Å²) in [5, 5.41) is 10.7. The number of hydrogen-bond acceptors (Lipinski definition) is 2. The zero-order valence-corrected chi connectivity index (χ0v) is 8.76. The number of rotatable bonds is 1. The number of aryl methyl sites for hydroxylation is 1. The van der Waals surface area contributed by atoms with Gasteiger partial charge in [-0.1, -0.05) is 12.1 Å². The number of amides is 1. The standard InChI is InChI=1S/C9H9N3O2.ClH/c1-5-3-2-4-6-7(5)11-8(10-6)12-9(13)14;/h2-4H,1H3,(H,13,14)(H2,10,11,12);1H. The van der Waals surface area contributed by atoms with Crippen molar-refractivity contribution in [1.82, 2.24) is 9.97 Å². The predicted octanol–water partition coefficient (Wildman–Crippen LogP) is 2.38. The van der Waals surface area contributed by atoms with Gasteiger partial charge in [0.15, 0.2) is 0 Å². The Kier molecular flexibility index (Phi) is 3.16. The van der Waals surface area contributed by atoms with Gasteiger partial charge in [-0.15, -0.1) is 12.4 Å². The van der Waals surface area contributed by atoms with Crippen molar-refractivity contribution in [1.29, 1.82) is 0 Å². The Labute approximate surface area is 91.9 Å². The minimum Gasteiger partial charge on any atom is -0.465 e. The lowest BCUT2D eigenvalue weighted by Gasteiger charge is -1.91. The van der Waals surface area contributed by atoms with E-state index in [1.807, 2.05) is 25.1 Å². The molecule has 0 unspecified atom stereocenters.